The number of rotatable bonds is 6. The van der Waals surface area contributed by atoms with Crippen LogP contribution >= 0.6 is 23.2 Å². The third-order valence-corrected chi connectivity index (χ3v) is 4.11. The highest BCUT2D eigenvalue weighted by Gasteiger charge is 2.13. The van der Waals surface area contributed by atoms with Gasteiger partial charge in [-0.1, -0.05) is 29.3 Å². The average Bonchev–Trinajstić information content (AvgIpc) is 2.71. The molecule has 114 valence electrons. The summed E-state index contributed by atoms with van der Waals surface area (Å²) in [4.78, 5) is 0. The van der Waals surface area contributed by atoms with Gasteiger partial charge in [-0.05, 0) is 31.5 Å². The summed E-state index contributed by atoms with van der Waals surface area (Å²) in [6, 6.07) is 5.94. The van der Waals surface area contributed by atoms with Crippen molar-refractivity contribution in [2.45, 2.75) is 20.4 Å². The fourth-order valence-corrected chi connectivity index (χ4v) is 2.50. The van der Waals surface area contributed by atoms with Crippen LogP contribution in [0.1, 0.15) is 17.0 Å². The van der Waals surface area contributed by atoms with Gasteiger partial charge in [0.1, 0.15) is 0 Å². The standard InChI is InChI=1S/C15H19Cl2N3O/c1-10-15(17)11(2)20(19-10)14-5-4-12(8-13(14)16)9-18-6-7-21-3/h4-5,8,18H,6-7,9H2,1-3H3. The van der Waals surface area contributed by atoms with Crippen LogP contribution in [0, 0.1) is 13.8 Å². The van der Waals surface area contributed by atoms with Crippen molar-refractivity contribution in [3.63, 3.8) is 0 Å². The molecule has 2 rings (SSSR count). The zero-order valence-electron chi connectivity index (χ0n) is 12.4. The molecule has 0 aliphatic carbocycles. The zero-order chi connectivity index (χ0) is 15.4. The lowest BCUT2D eigenvalue weighted by Crippen LogP contribution is -2.18. The summed E-state index contributed by atoms with van der Waals surface area (Å²) in [5, 5.41) is 9.04. The first kappa shape index (κ1) is 16.3. The van der Waals surface area contributed by atoms with Crippen LogP contribution in [0.25, 0.3) is 5.69 Å². The van der Waals surface area contributed by atoms with Crippen molar-refractivity contribution in [2.24, 2.45) is 0 Å². The second kappa shape index (κ2) is 7.27. The Morgan fingerprint density at radius 3 is 2.62 bits per heavy atom. The van der Waals surface area contributed by atoms with Crippen molar-refractivity contribution in [1.82, 2.24) is 15.1 Å². The maximum absolute atomic E-state index is 6.38. The largest absolute Gasteiger partial charge is 0.383 e. The summed E-state index contributed by atoms with van der Waals surface area (Å²) < 4.78 is 6.77. The molecule has 6 heteroatoms. The molecule has 0 spiro atoms. The molecule has 0 aliphatic heterocycles. The van der Waals surface area contributed by atoms with Crippen LogP contribution in [0.5, 0.6) is 0 Å². The van der Waals surface area contributed by atoms with Gasteiger partial charge in [0.05, 0.1) is 33.7 Å². The number of benzene rings is 1. The number of aromatic nitrogens is 2. The Morgan fingerprint density at radius 1 is 1.29 bits per heavy atom. The molecule has 0 aliphatic rings. The number of halogens is 2. The molecule has 0 unspecified atom stereocenters. The molecule has 0 fully saturated rings. The van der Waals surface area contributed by atoms with Gasteiger partial charge < -0.3 is 10.1 Å². The Labute approximate surface area is 135 Å². The Bertz CT molecular complexity index is 626. The summed E-state index contributed by atoms with van der Waals surface area (Å²) in [6.45, 7) is 6.06. The lowest BCUT2D eigenvalue weighted by molar-refractivity contribution is 0.199. The van der Waals surface area contributed by atoms with E-state index in [2.05, 4.69) is 10.4 Å². The van der Waals surface area contributed by atoms with Crippen molar-refractivity contribution in [3.8, 4) is 5.69 Å². The van der Waals surface area contributed by atoms with Crippen LogP contribution in [-0.4, -0.2) is 30.0 Å². The fraction of sp³-hybridized carbons (Fsp3) is 0.400. The van der Waals surface area contributed by atoms with Gasteiger partial charge >= 0.3 is 0 Å². The minimum atomic E-state index is 0.656. The molecule has 1 aromatic heterocycles. The Hall–Kier alpha value is -1.07. The first-order valence-electron chi connectivity index (χ1n) is 6.74. The summed E-state index contributed by atoms with van der Waals surface area (Å²) in [5.41, 5.74) is 3.65. The minimum Gasteiger partial charge on any atom is -0.383 e. The molecule has 0 amide bonds. The number of ether oxygens (including phenoxy) is 1. The van der Waals surface area contributed by atoms with Gasteiger partial charge in [-0.2, -0.15) is 5.10 Å². The molecule has 1 aromatic carbocycles. The molecule has 0 saturated carbocycles. The monoisotopic (exact) mass is 327 g/mol. The number of hydrogen-bond acceptors (Lipinski definition) is 3. The highest BCUT2D eigenvalue weighted by molar-refractivity contribution is 6.33. The van der Waals surface area contributed by atoms with E-state index in [0.29, 0.717) is 16.7 Å². The molecule has 4 nitrogen and oxygen atoms in total. The lowest BCUT2D eigenvalue weighted by Gasteiger charge is -2.10. The predicted molar refractivity (Wildman–Crippen MR) is 86.6 cm³/mol. The molecule has 0 radical (unpaired) electrons. The van der Waals surface area contributed by atoms with E-state index >= 15 is 0 Å². The quantitative estimate of drug-likeness (QED) is 0.825. The second-order valence-electron chi connectivity index (χ2n) is 4.85. The van der Waals surface area contributed by atoms with Gasteiger partial charge in [-0.25, -0.2) is 4.68 Å². The van der Waals surface area contributed by atoms with Crippen LogP contribution in [0.3, 0.4) is 0 Å². The minimum absolute atomic E-state index is 0.656. The predicted octanol–water partition coefficient (Wildman–Crippen LogP) is 3.53. The van der Waals surface area contributed by atoms with Crippen LogP contribution in [0.4, 0.5) is 0 Å². The van der Waals surface area contributed by atoms with Crippen molar-refractivity contribution >= 4 is 23.2 Å². The Morgan fingerprint density at radius 2 is 2.05 bits per heavy atom. The first-order chi connectivity index (χ1) is 10.0. The van der Waals surface area contributed by atoms with Crippen LogP contribution in [0.2, 0.25) is 10.0 Å². The third kappa shape index (κ3) is 3.77. The molecule has 2 aromatic rings. The van der Waals surface area contributed by atoms with Crippen molar-refractivity contribution in [3.05, 3.63) is 45.2 Å². The maximum atomic E-state index is 6.38. The van der Waals surface area contributed by atoms with Gasteiger partial charge in [0, 0.05) is 20.2 Å². The zero-order valence-corrected chi connectivity index (χ0v) is 13.9. The van der Waals surface area contributed by atoms with Gasteiger partial charge in [-0.15, -0.1) is 0 Å². The maximum Gasteiger partial charge on any atom is 0.0848 e. The van der Waals surface area contributed by atoms with E-state index in [0.717, 1.165) is 35.7 Å². The van der Waals surface area contributed by atoms with Gasteiger partial charge in [-0.3, -0.25) is 0 Å². The Balaban J connectivity index is 2.17. The summed E-state index contributed by atoms with van der Waals surface area (Å²) >= 11 is 12.6. The van der Waals surface area contributed by atoms with E-state index in [1.54, 1.807) is 11.8 Å². The van der Waals surface area contributed by atoms with Crippen molar-refractivity contribution in [1.29, 1.82) is 0 Å². The van der Waals surface area contributed by atoms with E-state index in [4.69, 9.17) is 27.9 Å². The highest BCUT2D eigenvalue weighted by Crippen LogP contribution is 2.27. The summed E-state index contributed by atoms with van der Waals surface area (Å²) in [6.07, 6.45) is 0. The number of methoxy groups -OCH3 is 1. The second-order valence-corrected chi connectivity index (χ2v) is 5.64. The third-order valence-electron chi connectivity index (χ3n) is 3.26. The summed E-state index contributed by atoms with van der Waals surface area (Å²) in [7, 11) is 1.69. The molecule has 0 bridgehead atoms. The number of nitrogens with zero attached hydrogens (tertiary/aromatic N) is 2. The van der Waals surface area contributed by atoms with E-state index in [1.165, 1.54) is 0 Å². The van der Waals surface area contributed by atoms with E-state index in [9.17, 15) is 0 Å². The molecular formula is C15H19Cl2N3O. The average molecular weight is 328 g/mol. The first-order valence-corrected chi connectivity index (χ1v) is 7.50. The topological polar surface area (TPSA) is 39.1 Å². The van der Waals surface area contributed by atoms with Crippen LogP contribution < -0.4 is 5.32 Å². The van der Waals surface area contributed by atoms with E-state index in [-0.39, 0.29) is 0 Å². The Kier molecular flexibility index (Phi) is 5.65. The van der Waals surface area contributed by atoms with Gasteiger partial charge in [0.2, 0.25) is 0 Å². The smallest absolute Gasteiger partial charge is 0.0848 e. The van der Waals surface area contributed by atoms with Crippen molar-refractivity contribution in [2.75, 3.05) is 20.3 Å². The van der Waals surface area contributed by atoms with E-state index in [1.807, 2.05) is 32.0 Å². The fourth-order valence-electron chi connectivity index (χ4n) is 2.10. The molecule has 0 atom stereocenters. The van der Waals surface area contributed by atoms with Gasteiger partial charge in [0.15, 0.2) is 0 Å². The van der Waals surface area contributed by atoms with Crippen LogP contribution in [0.15, 0.2) is 18.2 Å². The SMILES string of the molecule is COCCNCc1ccc(-n2nc(C)c(Cl)c2C)c(Cl)c1. The molecule has 21 heavy (non-hydrogen) atoms. The number of nitrogens with one attached hydrogen (secondary N) is 1. The molecule has 1 N–H and O–H groups in total. The summed E-state index contributed by atoms with van der Waals surface area (Å²) in [5.74, 6) is 0. The van der Waals surface area contributed by atoms with E-state index < -0.39 is 0 Å². The normalized spacial score (nSPS) is 11.1. The van der Waals surface area contributed by atoms with Gasteiger partial charge in [0.25, 0.3) is 0 Å². The molecular weight excluding hydrogens is 309 g/mol. The number of hydrogen-bond donors (Lipinski definition) is 1. The van der Waals surface area contributed by atoms with Crippen LogP contribution in [-0.2, 0) is 11.3 Å². The number of aryl methyl sites for hydroxylation is 1. The molecule has 0 saturated heterocycles. The molecule has 1 heterocycles. The van der Waals surface area contributed by atoms with Crippen molar-refractivity contribution < 1.29 is 4.74 Å². The lowest BCUT2D eigenvalue weighted by atomic mass is 10.2. The highest BCUT2D eigenvalue weighted by atomic mass is 35.5.